The highest BCUT2D eigenvalue weighted by atomic mass is 79.9. The third-order valence-corrected chi connectivity index (χ3v) is 4.53. The molecule has 3 nitrogen and oxygen atoms in total. The van der Waals surface area contributed by atoms with Crippen LogP contribution >= 0.6 is 15.9 Å². The summed E-state index contributed by atoms with van der Waals surface area (Å²) >= 11 is 3.61. The van der Waals surface area contributed by atoms with Gasteiger partial charge in [0.2, 0.25) is 5.89 Å². The van der Waals surface area contributed by atoms with Gasteiger partial charge in [-0.05, 0) is 36.8 Å². The van der Waals surface area contributed by atoms with Crippen LogP contribution in [0.4, 0.5) is 0 Å². The van der Waals surface area contributed by atoms with Gasteiger partial charge in [-0.3, -0.25) is 0 Å². The molecule has 0 bridgehead atoms. The fraction of sp³-hybridized carbons (Fsp3) is 0.429. The van der Waals surface area contributed by atoms with Crippen molar-refractivity contribution >= 4 is 15.9 Å². The summed E-state index contributed by atoms with van der Waals surface area (Å²) in [4.78, 5) is 4.55. The molecule has 2 saturated carbocycles. The van der Waals surface area contributed by atoms with Crippen LogP contribution in [0.25, 0.3) is 0 Å². The molecule has 4 rings (SSSR count). The minimum atomic E-state index is 0.420. The molecule has 0 aliphatic heterocycles. The minimum Gasteiger partial charge on any atom is -0.339 e. The van der Waals surface area contributed by atoms with E-state index in [2.05, 4.69) is 44.3 Å². The van der Waals surface area contributed by atoms with E-state index in [1.807, 2.05) is 6.07 Å². The number of rotatable bonds is 3. The van der Waals surface area contributed by atoms with Crippen molar-refractivity contribution in [3.05, 3.63) is 46.0 Å². The standard InChI is InChI=1S/C14H13BrN2O/c15-12-4-2-1-3-9(12)10-7-11(10)14-16-13(17-18-14)8-5-6-8/h1-4,8,10-11H,5-7H2/t10-,11+/m0/s1. The Kier molecular flexibility index (Phi) is 2.34. The van der Waals surface area contributed by atoms with Crippen LogP contribution in [0.2, 0.25) is 0 Å². The molecule has 0 unspecified atom stereocenters. The van der Waals surface area contributed by atoms with Crippen molar-refractivity contribution < 1.29 is 4.52 Å². The molecule has 0 N–H and O–H groups in total. The summed E-state index contributed by atoms with van der Waals surface area (Å²) in [5, 5.41) is 4.09. The first-order valence-electron chi connectivity index (χ1n) is 6.41. The maximum Gasteiger partial charge on any atom is 0.230 e. The van der Waals surface area contributed by atoms with Crippen LogP contribution in [0.3, 0.4) is 0 Å². The monoisotopic (exact) mass is 304 g/mol. The molecule has 1 aromatic carbocycles. The Morgan fingerprint density at radius 3 is 2.78 bits per heavy atom. The zero-order valence-corrected chi connectivity index (χ0v) is 11.4. The van der Waals surface area contributed by atoms with E-state index in [4.69, 9.17) is 4.52 Å². The van der Waals surface area contributed by atoms with E-state index in [0.717, 1.165) is 18.1 Å². The molecule has 4 heteroatoms. The third-order valence-electron chi connectivity index (χ3n) is 3.81. The van der Waals surface area contributed by atoms with Crippen LogP contribution in [0.1, 0.15) is 54.3 Å². The Balaban J connectivity index is 1.56. The second-order valence-electron chi connectivity index (χ2n) is 5.24. The van der Waals surface area contributed by atoms with Gasteiger partial charge < -0.3 is 4.52 Å². The number of hydrogen-bond donors (Lipinski definition) is 0. The number of aromatic nitrogens is 2. The number of hydrogen-bond acceptors (Lipinski definition) is 3. The Morgan fingerprint density at radius 2 is 2.00 bits per heavy atom. The predicted octanol–water partition coefficient (Wildman–Crippen LogP) is 3.98. The van der Waals surface area contributed by atoms with E-state index < -0.39 is 0 Å². The maximum atomic E-state index is 5.41. The highest BCUT2D eigenvalue weighted by Gasteiger charge is 2.45. The van der Waals surface area contributed by atoms with Crippen LogP contribution in [0.15, 0.2) is 33.3 Å². The van der Waals surface area contributed by atoms with E-state index in [1.165, 1.54) is 22.9 Å². The zero-order valence-electron chi connectivity index (χ0n) is 9.84. The molecular formula is C14H13BrN2O. The van der Waals surface area contributed by atoms with Crippen molar-refractivity contribution in [1.29, 1.82) is 0 Å². The van der Waals surface area contributed by atoms with Crippen LogP contribution in [-0.2, 0) is 0 Å². The van der Waals surface area contributed by atoms with E-state index in [1.54, 1.807) is 0 Å². The van der Waals surface area contributed by atoms with Crippen molar-refractivity contribution in [1.82, 2.24) is 10.1 Å². The molecule has 18 heavy (non-hydrogen) atoms. The lowest BCUT2D eigenvalue weighted by Crippen LogP contribution is -1.87. The van der Waals surface area contributed by atoms with Gasteiger partial charge in [0.25, 0.3) is 0 Å². The summed E-state index contributed by atoms with van der Waals surface area (Å²) in [5.74, 6) is 3.28. The first kappa shape index (κ1) is 10.7. The second-order valence-corrected chi connectivity index (χ2v) is 6.09. The van der Waals surface area contributed by atoms with Crippen LogP contribution < -0.4 is 0 Å². The van der Waals surface area contributed by atoms with Crippen molar-refractivity contribution in [2.75, 3.05) is 0 Å². The normalized spacial score (nSPS) is 26.3. The summed E-state index contributed by atoms with van der Waals surface area (Å²) in [6.07, 6.45) is 3.56. The number of benzene rings is 1. The fourth-order valence-electron chi connectivity index (χ4n) is 2.49. The molecule has 0 amide bonds. The molecule has 2 aliphatic carbocycles. The number of nitrogens with zero attached hydrogens (tertiary/aromatic N) is 2. The largest absolute Gasteiger partial charge is 0.339 e. The molecule has 0 spiro atoms. The molecule has 2 fully saturated rings. The summed E-state index contributed by atoms with van der Waals surface area (Å²) in [5.41, 5.74) is 1.36. The Bertz CT molecular complexity index is 591. The van der Waals surface area contributed by atoms with Gasteiger partial charge in [0.05, 0.1) is 0 Å². The molecule has 1 heterocycles. The molecule has 2 atom stereocenters. The van der Waals surface area contributed by atoms with E-state index in [-0.39, 0.29) is 0 Å². The highest BCUT2D eigenvalue weighted by molar-refractivity contribution is 9.10. The first-order chi connectivity index (χ1) is 8.83. The van der Waals surface area contributed by atoms with Gasteiger partial charge in [-0.1, -0.05) is 39.3 Å². The lowest BCUT2D eigenvalue weighted by atomic mass is 10.1. The Morgan fingerprint density at radius 1 is 1.17 bits per heavy atom. The van der Waals surface area contributed by atoms with Gasteiger partial charge in [0.1, 0.15) is 0 Å². The van der Waals surface area contributed by atoms with Gasteiger partial charge in [0.15, 0.2) is 5.82 Å². The fourth-order valence-corrected chi connectivity index (χ4v) is 3.07. The van der Waals surface area contributed by atoms with Gasteiger partial charge in [0, 0.05) is 16.3 Å². The summed E-state index contributed by atoms with van der Waals surface area (Å²) in [6.45, 7) is 0. The van der Waals surface area contributed by atoms with Crippen molar-refractivity contribution in [2.45, 2.75) is 37.0 Å². The molecule has 2 aromatic rings. The number of halogens is 1. The van der Waals surface area contributed by atoms with Gasteiger partial charge >= 0.3 is 0 Å². The quantitative estimate of drug-likeness (QED) is 0.861. The maximum absolute atomic E-state index is 5.41. The topological polar surface area (TPSA) is 38.9 Å². The molecule has 2 aliphatic rings. The lowest BCUT2D eigenvalue weighted by molar-refractivity contribution is 0.373. The summed E-state index contributed by atoms with van der Waals surface area (Å²) < 4.78 is 6.59. The van der Waals surface area contributed by atoms with Crippen LogP contribution in [0.5, 0.6) is 0 Å². The van der Waals surface area contributed by atoms with Crippen molar-refractivity contribution in [3.63, 3.8) is 0 Å². The lowest BCUT2D eigenvalue weighted by Gasteiger charge is -2.01. The predicted molar refractivity (Wildman–Crippen MR) is 70.5 cm³/mol. The van der Waals surface area contributed by atoms with Crippen LogP contribution in [0, 0.1) is 0 Å². The summed E-state index contributed by atoms with van der Waals surface area (Å²) in [7, 11) is 0. The Hall–Kier alpha value is -1.16. The van der Waals surface area contributed by atoms with Crippen molar-refractivity contribution in [3.8, 4) is 0 Å². The first-order valence-corrected chi connectivity index (χ1v) is 7.20. The SMILES string of the molecule is Brc1ccccc1[C@@H]1C[C@H]1c1nc(C2CC2)no1. The van der Waals surface area contributed by atoms with Crippen LogP contribution in [-0.4, -0.2) is 10.1 Å². The Labute approximate surface area is 114 Å². The molecule has 0 saturated heterocycles. The second kappa shape index (κ2) is 3.92. The van der Waals surface area contributed by atoms with E-state index in [9.17, 15) is 0 Å². The van der Waals surface area contributed by atoms with Crippen molar-refractivity contribution in [2.24, 2.45) is 0 Å². The van der Waals surface area contributed by atoms with Gasteiger partial charge in [-0.25, -0.2) is 0 Å². The molecule has 92 valence electrons. The third kappa shape index (κ3) is 1.79. The van der Waals surface area contributed by atoms with Gasteiger partial charge in [-0.2, -0.15) is 4.98 Å². The highest BCUT2D eigenvalue weighted by Crippen LogP contribution is 2.55. The smallest absolute Gasteiger partial charge is 0.230 e. The summed E-state index contributed by atoms with van der Waals surface area (Å²) in [6, 6.07) is 8.39. The molecule has 0 radical (unpaired) electrons. The van der Waals surface area contributed by atoms with Gasteiger partial charge in [-0.15, -0.1) is 0 Å². The minimum absolute atomic E-state index is 0.420. The van der Waals surface area contributed by atoms with E-state index >= 15 is 0 Å². The molecular weight excluding hydrogens is 292 g/mol. The van der Waals surface area contributed by atoms with E-state index in [0.29, 0.717) is 17.8 Å². The zero-order chi connectivity index (χ0) is 12.1. The average molecular weight is 305 g/mol. The molecule has 1 aromatic heterocycles. The average Bonchev–Trinajstić information content (AvgIpc) is 3.30.